The zero-order valence-corrected chi connectivity index (χ0v) is 14.0. The molecule has 0 atom stereocenters. The molecule has 0 spiro atoms. The number of carbonyl (C=O) groups is 3. The fraction of sp³-hybridized carbons (Fsp3) is 0.111. The molecular weight excluding hydrogens is 355 g/mol. The van der Waals surface area contributed by atoms with Crippen LogP contribution in [0.2, 0.25) is 0 Å². The number of nitriles is 1. The summed E-state index contributed by atoms with van der Waals surface area (Å²) in [4.78, 5) is 35.0. The van der Waals surface area contributed by atoms with Gasteiger partial charge in [0.05, 0.1) is 17.2 Å². The minimum Gasteiger partial charge on any atom is -0.362 e. The van der Waals surface area contributed by atoms with Crippen molar-refractivity contribution in [3.05, 3.63) is 65.5 Å². The average Bonchev–Trinajstić information content (AvgIpc) is 2.67. The van der Waals surface area contributed by atoms with Crippen LogP contribution in [0.25, 0.3) is 0 Å². The van der Waals surface area contributed by atoms with Crippen LogP contribution in [0.15, 0.2) is 48.5 Å². The monoisotopic (exact) mass is 370 g/mol. The highest BCUT2D eigenvalue weighted by Gasteiger charge is 2.12. The molecule has 0 bridgehead atoms. The number of anilines is 1. The molecule has 0 saturated carbocycles. The Hall–Kier alpha value is -3.77. The zero-order valence-electron chi connectivity index (χ0n) is 14.0. The van der Waals surface area contributed by atoms with Gasteiger partial charge in [0, 0.05) is 5.69 Å². The molecule has 0 fully saturated rings. The molecule has 2 aromatic carbocycles. The molecule has 27 heavy (non-hydrogen) atoms. The van der Waals surface area contributed by atoms with Gasteiger partial charge in [-0.25, -0.2) is 4.39 Å². The second-order valence-electron chi connectivity index (χ2n) is 5.21. The summed E-state index contributed by atoms with van der Waals surface area (Å²) in [5, 5.41) is 11.2. The molecule has 0 unspecified atom stereocenters. The van der Waals surface area contributed by atoms with Crippen molar-refractivity contribution in [2.24, 2.45) is 0 Å². The van der Waals surface area contributed by atoms with Gasteiger partial charge >= 0.3 is 0 Å². The molecule has 8 nitrogen and oxygen atoms in total. The number of carbonyl (C=O) groups excluding carboxylic acids is 3. The van der Waals surface area contributed by atoms with Crippen LogP contribution in [0.5, 0.6) is 0 Å². The number of benzene rings is 2. The lowest BCUT2D eigenvalue weighted by molar-refractivity contribution is -0.129. The maximum Gasteiger partial charge on any atom is 0.272 e. The lowest BCUT2D eigenvalue weighted by atomic mass is 10.2. The van der Waals surface area contributed by atoms with E-state index in [4.69, 9.17) is 10.00 Å². The highest BCUT2D eigenvalue weighted by molar-refractivity contribution is 5.95. The van der Waals surface area contributed by atoms with Gasteiger partial charge in [-0.15, -0.1) is 0 Å². The average molecular weight is 370 g/mol. The predicted molar refractivity (Wildman–Crippen MR) is 92.6 cm³/mol. The third-order valence-corrected chi connectivity index (χ3v) is 3.20. The molecule has 0 aliphatic rings. The Balaban J connectivity index is 1.68. The van der Waals surface area contributed by atoms with Crippen molar-refractivity contribution >= 4 is 23.4 Å². The number of amides is 3. The number of ether oxygens (including phenoxy) is 1. The summed E-state index contributed by atoms with van der Waals surface area (Å²) in [6.45, 7) is -0.882. The van der Waals surface area contributed by atoms with Crippen molar-refractivity contribution in [1.82, 2.24) is 10.9 Å². The van der Waals surface area contributed by atoms with E-state index in [1.165, 1.54) is 18.2 Å². The van der Waals surface area contributed by atoms with Gasteiger partial charge in [-0.05, 0) is 36.4 Å². The van der Waals surface area contributed by atoms with E-state index >= 15 is 0 Å². The lowest BCUT2D eigenvalue weighted by Crippen LogP contribution is -2.43. The molecule has 3 amide bonds. The Morgan fingerprint density at radius 2 is 1.63 bits per heavy atom. The van der Waals surface area contributed by atoms with Crippen molar-refractivity contribution in [3.8, 4) is 6.07 Å². The number of hydrogen-bond donors (Lipinski definition) is 3. The van der Waals surface area contributed by atoms with Crippen LogP contribution < -0.4 is 16.2 Å². The first-order valence-electron chi connectivity index (χ1n) is 7.71. The highest BCUT2D eigenvalue weighted by atomic mass is 19.1. The number of halogens is 1. The molecule has 138 valence electrons. The lowest BCUT2D eigenvalue weighted by Gasteiger charge is -2.09. The van der Waals surface area contributed by atoms with Crippen LogP contribution in [-0.2, 0) is 14.3 Å². The molecule has 0 saturated heterocycles. The summed E-state index contributed by atoms with van der Waals surface area (Å²) in [5.41, 5.74) is 4.81. The van der Waals surface area contributed by atoms with Crippen LogP contribution in [0.1, 0.15) is 15.9 Å². The molecule has 0 radical (unpaired) electrons. The van der Waals surface area contributed by atoms with Crippen LogP contribution in [-0.4, -0.2) is 30.9 Å². The summed E-state index contributed by atoms with van der Waals surface area (Å²) in [6, 6.07) is 13.5. The summed E-state index contributed by atoms with van der Waals surface area (Å²) in [6.07, 6.45) is 0. The molecule has 2 aromatic rings. The van der Waals surface area contributed by atoms with Gasteiger partial charge in [0.2, 0.25) is 5.91 Å². The van der Waals surface area contributed by atoms with Gasteiger partial charge in [-0.2, -0.15) is 5.26 Å². The Morgan fingerprint density at radius 3 is 2.30 bits per heavy atom. The normalized spacial score (nSPS) is 9.78. The molecule has 0 heterocycles. The van der Waals surface area contributed by atoms with Crippen molar-refractivity contribution in [3.63, 3.8) is 0 Å². The van der Waals surface area contributed by atoms with E-state index in [2.05, 4.69) is 10.7 Å². The Labute approximate surface area is 153 Å². The molecular formula is C18H15FN4O4. The van der Waals surface area contributed by atoms with Gasteiger partial charge in [0.1, 0.15) is 19.0 Å². The fourth-order valence-corrected chi connectivity index (χ4v) is 1.94. The van der Waals surface area contributed by atoms with Crippen molar-refractivity contribution in [2.75, 3.05) is 18.5 Å². The van der Waals surface area contributed by atoms with Gasteiger partial charge in [-0.3, -0.25) is 25.2 Å². The predicted octanol–water partition coefficient (Wildman–Crippen LogP) is 1.11. The fourth-order valence-electron chi connectivity index (χ4n) is 1.94. The zero-order chi connectivity index (χ0) is 19.6. The Bertz CT molecular complexity index is 878. The molecule has 0 aromatic heterocycles. The smallest absolute Gasteiger partial charge is 0.272 e. The van der Waals surface area contributed by atoms with E-state index in [0.717, 1.165) is 6.07 Å². The molecule has 9 heteroatoms. The van der Waals surface area contributed by atoms with Crippen LogP contribution in [0.4, 0.5) is 10.1 Å². The van der Waals surface area contributed by atoms with E-state index in [1.54, 1.807) is 24.3 Å². The maximum atomic E-state index is 13.4. The summed E-state index contributed by atoms with van der Waals surface area (Å²) < 4.78 is 18.4. The third-order valence-electron chi connectivity index (χ3n) is 3.20. The van der Waals surface area contributed by atoms with Crippen LogP contribution >= 0.6 is 0 Å². The minimum absolute atomic E-state index is 0.222. The quantitative estimate of drug-likeness (QED) is 0.658. The number of nitrogens with zero attached hydrogens (tertiary/aromatic N) is 1. The van der Waals surface area contributed by atoms with E-state index in [9.17, 15) is 18.8 Å². The largest absolute Gasteiger partial charge is 0.362 e. The minimum atomic E-state index is -0.819. The molecule has 2 rings (SSSR count). The summed E-state index contributed by atoms with van der Waals surface area (Å²) >= 11 is 0. The summed E-state index contributed by atoms with van der Waals surface area (Å²) in [5.74, 6) is -2.76. The van der Waals surface area contributed by atoms with Gasteiger partial charge in [0.15, 0.2) is 0 Å². The van der Waals surface area contributed by atoms with Crippen LogP contribution in [0, 0.1) is 17.1 Å². The number of nitrogens with one attached hydrogen (secondary N) is 3. The first kappa shape index (κ1) is 19.6. The SMILES string of the molecule is N#Cc1ccc(NC(=O)COCC(=O)NNC(=O)c2ccccc2F)cc1. The standard InChI is InChI=1S/C18H15FN4O4/c19-15-4-2-1-3-14(15)18(26)23-22-17(25)11-27-10-16(24)21-13-7-5-12(9-20)6-8-13/h1-8H,10-11H2,(H,21,24)(H,22,25)(H,23,26). The third kappa shape index (κ3) is 6.22. The molecule has 0 aliphatic heterocycles. The van der Waals surface area contributed by atoms with Crippen molar-refractivity contribution in [2.45, 2.75) is 0 Å². The topological polar surface area (TPSA) is 120 Å². The van der Waals surface area contributed by atoms with E-state index < -0.39 is 36.8 Å². The van der Waals surface area contributed by atoms with Gasteiger partial charge in [-0.1, -0.05) is 12.1 Å². The molecule has 3 N–H and O–H groups in total. The van der Waals surface area contributed by atoms with Crippen molar-refractivity contribution < 1.29 is 23.5 Å². The first-order chi connectivity index (χ1) is 13.0. The number of hydrazine groups is 1. The van der Waals surface area contributed by atoms with Gasteiger partial charge < -0.3 is 10.1 Å². The Morgan fingerprint density at radius 1 is 0.963 bits per heavy atom. The maximum absolute atomic E-state index is 13.4. The Kier molecular flexibility index (Phi) is 6.99. The summed E-state index contributed by atoms with van der Waals surface area (Å²) in [7, 11) is 0. The number of rotatable bonds is 6. The van der Waals surface area contributed by atoms with Crippen molar-refractivity contribution in [1.29, 1.82) is 5.26 Å². The van der Waals surface area contributed by atoms with E-state index in [-0.39, 0.29) is 5.56 Å². The molecule has 0 aliphatic carbocycles. The number of hydrogen-bond acceptors (Lipinski definition) is 5. The van der Waals surface area contributed by atoms with Gasteiger partial charge in [0.25, 0.3) is 11.8 Å². The first-order valence-corrected chi connectivity index (χ1v) is 7.71. The second kappa shape index (κ2) is 9.65. The highest BCUT2D eigenvalue weighted by Crippen LogP contribution is 2.08. The second-order valence-corrected chi connectivity index (χ2v) is 5.21. The van der Waals surface area contributed by atoms with Crippen LogP contribution in [0.3, 0.4) is 0 Å². The van der Waals surface area contributed by atoms with E-state index in [0.29, 0.717) is 11.3 Å². The van der Waals surface area contributed by atoms with E-state index in [1.807, 2.05) is 11.5 Å².